The van der Waals surface area contributed by atoms with Crippen LogP contribution in [0.15, 0.2) is 76.6 Å². The van der Waals surface area contributed by atoms with E-state index in [0.29, 0.717) is 25.2 Å². The second-order valence-corrected chi connectivity index (χ2v) is 16.9. The van der Waals surface area contributed by atoms with Crippen LogP contribution >= 0.6 is 0 Å². The average Bonchev–Trinajstić information content (AvgIpc) is 3.18. The summed E-state index contributed by atoms with van der Waals surface area (Å²) in [4.78, 5) is 50.2. The monoisotopic (exact) mass is 791 g/mol. The average molecular weight is 792 g/mol. The molecule has 0 spiro atoms. The Balaban J connectivity index is 0.000000227. The fourth-order valence-corrected chi connectivity index (χ4v) is 7.61. The summed E-state index contributed by atoms with van der Waals surface area (Å²) >= 11 is 0. The van der Waals surface area contributed by atoms with Crippen LogP contribution < -0.4 is 27.5 Å². The highest BCUT2D eigenvalue weighted by molar-refractivity contribution is 5.86. The second kappa shape index (κ2) is 19.2. The number of carbonyl (C=O) groups excluding carboxylic acids is 1. The molecule has 310 valence electrons. The summed E-state index contributed by atoms with van der Waals surface area (Å²) in [7, 11) is 0. The van der Waals surface area contributed by atoms with Crippen molar-refractivity contribution in [2.24, 2.45) is 5.73 Å². The molecule has 2 aliphatic heterocycles. The van der Waals surface area contributed by atoms with E-state index >= 15 is 0 Å². The molecule has 4 N–H and O–H groups in total. The molecule has 13 nitrogen and oxygen atoms in total. The first kappa shape index (κ1) is 42.7. The van der Waals surface area contributed by atoms with Crippen LogP contribution in [0, 0.1) is 20.8 Å². The Morgan fingerprint density at radius 1 is 0.741 bits per heavy atom. The number of carbonyl (C=O) groups is 1. The molecular weight excluding hydrogens is 731 g/mol. The van der Waals surface area contributed by atoms with Crippen LogP contribution in [-0.2, 0) is 24.4 Å². The topological polar surface area (TPSA) is 153 Å². The minimum absolute atomic E-state index is 0.0261. The van der Waals surface area contributed by atoms with Gasteiger partial charge in [-0.3, -0.25) is 14.9 Å². The van der Waals surface area contributed by atoms with Crippen molar-refractivity contribution in [2.75, 3.05) is 44.6 Å². The molecule has 2 saturated heterocycles. The van der Waals surface area contributed by atoms with E-state index in [9.17, 15) is 14.4 Å². The highest BCUT2D eigenvalue weighted by Gasteiger charge is 2.21. The Kier molecular flexibility index (Phi) is 14.1. The Labute approximate surface area is 341 Å². The fourth-order valence-electron chi connectivity index (χ4n) is 7.61. The van der Waals surface area contributed by atoms with Crippen molar-refractivity contribution in [3.63, 3.8) is 0 Å². The summed E-state index contributed by atoms with van der Waals surface area (Å²) in [6.45, 7) is 19.5. The summed E-state index contributed by atoms with van der Waals surface area (Å²) in [5, 5.41) is 6.55. The molecule has 58 heavy (non-hydrogen) atoms. The Bertz CT molecular complexity index is 2300. The van der Waals surface area contributed by atoms with Gasteiger partial charge in [-0.2, -0.15) is 0 Å². The van der Waals surface area contributed by atoms with Crippen LogP contribution in [-0.4, -0.2) is 91.9 Å². The third-order valence-corrected chi connectivity index (χ3v) is 11.0. The van der Waals surface area contributed by atoms with Gasteiger partial charge in [0.25, 0.3) is 11.1 Å². The molecule has 2 fully saturated rings. The number of aryl methyl sites for hydroxylation is 3. The first-order chi connectivity index (χ1) is 27.7. The van der Waals surface area contributed by atoms with Gasteiger partial charge in [0.1, 0.15) is 5.60 Å². The number of ether oxygens (including phenoxy) is 1. The van der Waals surface area contributed by atoms with E-state index in [0.717, 1.165) is 122 Å². The lowest BCUT2D eigenvalue weighted by atomic mass is 10.0. The van der Waals surface area contributed by atoms with Gasteiger partial charge in [-0.05, 0) is 146 Å². The van der Waals surface area contributed by atoms with Gasteiger partial charge in [0, 0.05) is 50.5 Å². The zero-order valence-electron chi connectivity index (χ0n) is 35.1. The van der Waals surface area contributed by atoms with Gasteiger partial charge in [-0.25, -0.2) is 14.8 Å². The highest BCUT2D eigenvalue weighted by Crippen LogP contribution is 2.20. The van der Waals surface area contributed by atoms with Gasteiger partial charge < -0.3 is 34.7 Å². The number of benzene rings is 3. The summed E-state index contributed by atoms with van der Waals surface area (Å²) in [5.41, 5.74) is 14.1. The Morgan fingerprint density at radius 3 is 1.78 bits per heavy atom. The number of anilines is 1. The first-order valence-corrected chi connectivity index (χ1v) is 20.7. The molecule has 13 heteroatoms. The summed E-state index contributed by atoms with van der Waals surface area (Å²) in [6.07, 6.45) is 6.61. The molecular formula is C45H61N9O4. The molecule has 0 saturated carbocycles. The normalized spacial score (nSPS) is 16.0. The SMILES string of the molecule is Cc1ccc2ncc(=O)n(CCN3CCC(N)CC3)c2c1.Cc1ccc2ncc(=O)n(CCN3CCC(NCc4ccc(C)c(NC(=O)OC(C)(C)C)c4)CC3)c2c1. The predicted octanol–water partition coefficient (Wildman–Crippen LogP) is 5.74. The maximum atomic E-state index is 12.5. The molecule has 0 atom stereocenters. The molecule has 0 unspecified atom stereocenters. The van der Waals surface area contributed by atoms with E-state index in [1.165, 1.54) is 12.4 Å². The lowest BCUT2D eigenvalue weighted by Crippen LogP contribution is -2.43. The van der Waals surface area contributed by atoms with Crippen LogP contribution in [0.5, 0.6) is 0 Å². The van der Waals surface area contributed by atoms with Gasteiger partial charge in [-0.15, -0.1) is 0 Å². The number of nitrogens with two attached hydrogens (primary N) is 1. The van der Waals surface area contributed by atoms with E-state index in [4.69, 9.17) is 10.5 Å². The lowest BCUT2D eigenvalue weighted by Gasteiger charge is -2.32. The Morgan fingerprint density at radius 2 is 1.26 bits per heavy atom. The highest BCUT2D eigenvalue weighted by atomic mass is 16.6. The smallest absolute Gasteiger partial charge is 0.412 e. The van der Waals surface area contributed by atoms with Gasteiger partial charge in [-0.1, -0.05) is 24.3 Å². The zero-order valence-corrected chi connectivity index (χ0v) is 35.1. The molecule has 2 aliphatic rings. The van der Waals surface area contributed by atoms with E-state index in [-0.39, 0.29) is 11.1 Å². The fraction of sp³-hybridized carbons (Fsp3) is 0.489. The van der Waals surface area contributed by atoms with Crippen molar-refractivity contribution in [3.8, 4) is 0 Å². The van der Waals surface area contributed by atoms with Crippen molar-refractivity contribution >= 4 is 33.8 Å². The number of likely N-dealkylation sites (tertiary alicyclic amines) is 2. The maximum absolute atomic E-state index is 12.5. The Hall–Kier alpha value is -4.95. The van der Waals surface area contributed by atoms with Crippen LogP contribution in [0.25, 0.3) is 22.1 Å². The van der Waals surface area contributed by atoms with Crippen molar-refractivity contribution in [1.29, 1.82) is 0 Å². The number of nitrogens with one attached hydrogen (secondary N) is 2. The lowest BCUT2D eigenvalue weighted by molar-refractivity contribution is 0.0635. The molecule has 1 amide bonds. The maximum Gasteiger partial charge on any atom is 0.412 e. The second-order valence-electron chi connectivity index (χ2n) is 16.9. The molecule has 3 aromatic carbocycles. The minimum atomic E-state index is -0.535. The van der Waals surface area contributed by atoms with Crippen molar-refractivity contribution in [2.45, 2.75) is 105 Å². The molecule has 4 heterocycles. The van der Waals surface area contributed by atoms with Gasteiger partial charge in [0.05, 0.1) is 34.5 Å². The third kappa shape index (κ3) is 11.8. The van der Waals surface area contributed by atoms with E-state index in [2.05, 4.69) is 36.5 Å². The number of amides is 1. The molecule has 2 aromatic heterocycles. The minimum Gasteiger partial charge on any atom is -0.444 e. The predicted molar refractivity (Wildman–Crippen MR) is 232 cm³/mol. The molecule has 0 aliphatic carbocycles. The van der Waals surface area contributed by atoms with Gasteiger partial charge >= 0.3 is 6.09 Å². The summed E-state index contributed by atoms with van der Waals surface area (Å²) < 4.78 is 9.07. The zero-order chi connectivity index (χ0) is 41.4. The van der Waals surface area contributed by atoms with Crippen molar-refractivity contribution in [1.82, 2.24) is 34.2 Å². The van der Waals surface area contributed by atoms with Gasteiger partial charge in [0.15, 0.2) is 0 Å². The molecule has 0 bridgehead atoms. The summed E-state index contributed by atoms with van der Waals surface area (Å²) in [6, 6.07) is 19.0. The summed E-state index contributed by atoms with van der Waals surface area (Å²) in [5.74, 6) is 0. The van der Waals surface area contributed by atoms with Crippen molar-refractivity contribution < 1.29 is 9.53 Å². The van der Waals surface area contributed by atoms with E-state index in [1.54, 1.807) is 0 Å². The van der Waals surface area contributed by atoms with Crippen molar-refractivity contribution in [3.05, 3.63) is 110 Å². The standard InChI is InChI=1S/C29H39N5O3.C16H22N4O/c1-20-6-9-24-26(16-20)34(27(35)19-31-24)15-14-33-12-10-23(11-13-33)30-18-22-8-7-21(2)25(17-22)32-28(36)37-29(3,4)5;1-12-2-3-14-15(10-12)20(16(21)11-18-14)9-8-19-6-4-13(17)5-7-19/h6-9,16-17,19,23,30H,10-15,18H2,1-5H3,(H,32,36);2-3,10-11,13H,4-9,17H2,1H3. The number of nitrogens with zero attached hydrogens (tertiary/aromatic N) is 6. The number of aromatic nitrogens is 4. The number of hydrogen-bond acceptors (Lipinski definition) is 10. The third-order valence-electron chi connectivity index (χ3n) is 11.0. The van der Waals surface area contributed by atoms with Crippen LogP contribution in [0.2, 0.25) is 0 Å². The van der Waals surface area contributed by atoms with Crippen LogP contribution in [0.3, 0.4) is 0 Å². The van der Waals surface area contributed by atoms with E-state index < -0.39 is 11.7 Å². The largest absolute Gasteiger partial charge is 0.444 e. The quantitative estimate of drug-likeness (QED) is 0.160. The first-order valence-electron chi connectivity index (χ1n) is 20.7. The molecule has 5 aromatic rings. The van der Waals surface area contributed by atoms with E-state index in [1.807, 2.05) is 99.2 Å². The number of piperidine rings is 2. The van der Waals surface area contributed by atoms with Crippen LogP contribution in [0.4, 0.5) is 10.5 Å². The molecule has 0 radical (unpaired) electrons. The number of rotatable bonds is 10. The van der Waals surface area contributed by atoms with Crippen LogP contribution in [0.1, 0.15) is 68.7 Å². The number of hydrogen-bond donors (Lipinski definition) is 3. The van der Waals surface area contributed by atoms with Gasteiger partial charge in [0.2, 0.25) is 0 Å². The number of fused-ring (bicyclic) bond motifs is 2. The molecule has 7 rings (SSSR count).